The number of likely N-dealkylation sites (N-methyl/N-ethyl adjacent to an activating group) is 1. The second-order valence-corrected chi connectivity index (χ2v) is 4.97. The van der Waals surface area contributed by atoms with Gasteiger partial charge >= 0.3 is 5.97 Å². The van der Waals surface area contributed by atoms with Gasteiger partial charge in [0, 0.05) is 11.9 Å². The molecule has 0 aliphatic rings. The van der Waals surface area contributed by atoms with E-state index in [0.29, 0.717) is 5.02 Å². The third-order valence-electron chi connectivity index (χ3n) is 2.21. The highest BCUT2D eigenvalue weighted by Gasteiger charge is 2.13. The lowest BCUT2D eigenvalue weighted by Gasteiger charge is -2.15. The standard InChI is InChI=1S/C12H14ClNO3S/c1-14(7-12(16)17-2)11(15)8-18-10-6-4-3-5-9(10)13/h3-6H,7-8H2,1-2H3. The molecule has 0 aliphatic heterocycles. The van der Waals surface area contributed by atoms with Crippen molar-refractivity contribution in [2.24, 2.45) is 0 Å². The molecule has 0 N–H and O–H groups in total. The molecule has 98 valence electrons. The van der Waals surface area contributed by atoms with Gasteiger partial charge in [0.2, 0.25) is 5.91 Å². The molecule has 0 radical (unpaired) electrons. The number of halogens is 1. The quantitative estimate of drug-likeness (QED) is 0.614. The molecule has 1 aromatic rings. The van der Waals surface area contributed by atoms with Crippen LogP contribution in [0.4, 0.5) is 0 Å². The van der Waals surface area contributed by atoms with Gasteiger partial charge in [-0.05, 0) is 12.1 Å². The van der Waals surface area contributed by atoms with Crippen molar-refractivity contribution in [3.63, 3.8) is 0 Å². The number of ether oxygens (including phenoxy) is 1. The first-order valence-electron chi connectivity index (χ1n) is 5.22. The zero-order chi connectivity index (χ0) is 13.5. The van der Waals surface area contributed by atoms with Crippen LogP contribution in [0.25, 0.3) is 0 Å². The van der Waals surface area contributed by atoms with Crippen LogP contribution in [0.3, 0.4) is 0 Å². The lowest BCUT2D eigenvalue weighted by atomic mass is 10.4. The molecular formula is C12H14ClNO3S. The van der Waals surface area contributed by atoms with Gasteiger partial charge in [0.25, 0.3) is 0 Å². The molecule has 0 aromatic heterocycles. The molecule has 0 atom stereocenters. The Kier molecular flexibility index (Phi) is 6.01. The number of methoxy groups -OCH3 is 1. The number of carbonyl (C=O) groups excluding carboxylic acids is 2. The summed E-state index contributed by atoms with van der Waals surface area (Å²) in [6.45, 7) is -0.0432. The number of thioether (sulfide) groups is 1. The number of benzene rings is 1. The average molecular weight is 288 g/mol. The Labute approximate surface area is 115 Å². The third-order valence-corrected chi connectivity index (χ3v) is 3.71. The number of nitrogens with zero attached hydrogens (tertiary/aromatic N) is 1. The van der Waals surface area contributed by atoms with Crippen LogP contribution in [-0.2, 0) is 14.3 Å². The van der Waals surface area contributed by atoms with Crippen LogP contribution in [0.1, 0.15) is 0 Å². The highest BCUT2D eigenvalue weighted by atomic mass is 35.5. The first kappa shape index (κ1) is 14.9. The van der Waals surface area contributed by atoms with Gasteiger partial charge in [0.15, 0.2) is 0 Å². The monoisotopic (exact) mass is 287 g/mol. The Balaban J connectivity index is 2.46. The Bertz CT molecular complexity index is 439. The molecule has 6 heteroatoms. The highest BCUT2D eigenvalue weighted by Crippen LogP contribution is 2.26. The number of carbonyl (C=O) groups is 2. The van der Waals surface area contributed by atoms with Crippen molar-refractivity contribution in [3.8, 4) is 0 Å². The molecule has 1 aromatic carbocycles. The summed E-state index contributed by atoms with van der Waals surface area (Å²) in [7, 11) is 2.85. The van der Waals surface area contributed by atoms with E-state index in [2.05, 4.69) is 4.74 Å². The minimum Gasteiger partial charge on any atom is -0.468 e. The van der Waals surface area contributed by atoms with Gasteiger partial charge < -0.3 is 9.64 Å². The maximum Gasteiger partial charge on any atom is 0.325 e. The van der Waals surface area contributed by atoms with E-state index in [1.807, 2.05) is 18.2 Å². The summed E-state index contributed by atoms with van der Waals surface area (Å²) in [5.74, 6) is -0.351. The minimum atomic E-state index is -0.436. The lowest BCUT2D eigenvalue weighted by molar-refractivity contribution is -0.145. The molecule has 1 rings (SSSR count). The Morgan fingerprint density at radius 2 is 2.06 bits per heavy atom. The summed E-state index contributed by atoms with van der Waals surface area (Å²) in [5, 5.41) is 0.617. The second-order valence-electron chi connectivity index (χ2n) is 3.55. The average Bonchev–Trinajstić information content (AvgIpc) is 2.37. The van der Waals surface area contributed by atoms with Crippen molar-refractivity contribution in [3.05, 3.63) is 29.3 Å². The van der Waals surface area contributed by atoms with E-state index >= 15 is 0 Å². The number of amides is 1. The third kappa shape index (κ3) is 4.58. The molecule has 18 heavy (non-hydrogen) atoms. The van der Waals surface area contributed by atoms with Gasteiger partial charge in [0.1, 0.15) is 6.54 Å². The smallest absolute Gasteiger partial charge is 0.325 e. The highest BCUT2D eigenvalue weighted by molar-refractivity contribution is 8.00. The van der Waals surface area contributed by atoms with E-state index in [0.717, 1.165) is 4.90 Å². The van der Waals surface area contributed by atoms with E-state index in [1.54, 1.807) is 13.1 Å². The van der Waals surface area contributed by atoms with Crippen LogP contribution < -0.4 is 0 Å². The number of rotatable bonds is 5. The number of hydrogen-bond acceptors (Lipinski definition) is 4. The van der Waals surface area contributed by atoms with Crippen LogP contribution in [0.5, 0.6) is 0 Å². The maximum absolute atomic E-state index is 11.7. The molecule has 0 spiro atoms. The van der Waals surface area contributed by atoms with Crippen LogP contribution in [-0.4, -0.2) is 43.2 Å². The summed E-state index contributed by atoms with van der Waals surface area (Å²) in [4.78, 5) is 24.9. The molecule has 0 saturated heterocycles. The lowest BCUT2D eigenvalue weighted by Crippen LogP contribution is -2.33. The van der Waals surface area contributed by atoms with Crippen molar-refractivity contribution in [1.82, 2.24) is 4.90 Å². The zero-order valence-electron chi connectivity index (χ0n) is 10.2. The van der Waals surface area contributed by atoms with Crippen LogP contribution in [0.2, 0.25) is 5.02 Å². The van der Waals surface area contributed by atoms with Crippen LogP contribution >= 0.6 is 23.4 Å². The molecule has 0 bridgehead atoms. The van der Waals surface area contributed by atoms with Gasteiger partial charge in [-0.25, -0.2) is 0 Å². The molecule has 0 heterocycles. The summed E-state index contributed by atoms with van der Waals surface area (Å²) < 4.78 is 4.49. The Hall–Kier alpha value is -1.20. The van der Waals surface area contributed by atoms with Crippen LogP contribution in [0, 0.1) is 0 Å². The summed E-state index contributed by atoms with van der Waals surface area (Å²) >= 11 is 7.32. The molecule has 0 unspecified atom stereocenters. The predicted molar refractivity (Wildman–Crippen MR) is 71.8 cm³/mol. The molecule has 0 fully saturated rings. The fourth-order valence-corrected chi connectivity index (χ4v) is 2.34. The topological polar surface area (TPSA) is 46.6 Å². The second kappa shape index (κ2) is 7.28. The van der Waals surface area contributed by atoms with E-state index in [1.165, 1.54) is 23.8 Å². The first-order chi connectivity index (χ1) is 8.54. The van der Waals surface area contributed by atoms with Crippen molar-refractivity contribution >= 4 is 35.2 Å². The van der Waals surface area contributed by atoms with E-state index < -0.39 is 5.97 Å². The Morgan fingerprint density at radius 3 is 2.67 bits per heavy atom. The fourth-order valence-electron chi connectivity index (χ4n) is 1.16. The van der Waals surface area contributed by atoms with E-state index in [9.17, 15) is 9.59 Å². The summed E-state index contributed by atoms with van der Waals surface area (Å²) in [6, 6.07) is 7.31. The van der Waals surface area contributed by atoms with E-state index in [-0.39, 0.29) is 18.2 Å². The fraction of sp³-hybridized carbons (Fsp3) is 0.333. The van der Waals surface area contributed by atoms with Crippen molar-refractivity contribution in [2.45, 2.75) is 4.90 Å². The van der Waals surface area contributed by atoms with E-state index in [4.69, 9.17) is 11.6 Å². The summed E-state index contributed by atoms with van der Waals surface area (Å²) in [6.07, 6.45) is 0. The molecular weight excluding hydrogens is 274 g/mol. The maximum atomic E-state index is 11.7. The van der Waals surface area contributed by atoms with Gasteiger partial charge in [0.05, 0.1) is 17.9 Å². The predicted octanol–water partition coefficient (Wildman–Crippen LogP) is 2.06. The van der Waals surface area contributed by atoms with Crippen molar-refractivity contribution < 1.29 is 14.3 Å². The van der Waals surface area contributed by atoms with Gasteiger partial charge in [-0.2, -0.15) is 0 Å². The first-order valence-corrected chi connectivity index (χ1v) is 6.59. The Morgan fingerprint density at radius 1 is 1.39 bits per heavy atom. The van der Waals surface area contributed by atoms with Crippen LogP contribution in [0.15, 0.2) is 29.2 Å². The number of hydrogen-bond donors (Lipinski definition) is 0. The normalized spacial score (nSPS) is 9.94. The van der Waals surface area contributed by atoms with Crippen molar-refractivity contribution in [2.75, 3.05) is 26.5 Å². The minimum absolute atomic E-state index is 0.0432. The largest absolute Gasteiger partial charge is 0.468 e. The molecule has 1 amide bonds. The van der Waals surface area contributed by atoms with Crippen molar-refractivity contribution in [1.29, 1.82) is 0 Å². The molecule has 4 nitrogen and oxygen atoms in total. The zero-order valence-corrected chi connectivity index (χ0v) is 11.8. The van der Waals surface area contributed by atoms with Gasteiger partial charge in [-0.15, -0.1) is 11.8 Å². The van der Waals surface area contributed by atoms with Gasteiger partial charge in [-0.1, -0.05) is 23.7 Å². The van der Waals surface area contributed by atoms with Gasteiger partial charge in [-0.3, -0.25) is 9.59 Å². The summed E-state index contributed by atoms with van der Waals surface area (Å²) in [5.41, 5.74) is 0. The SMILES string of the molecule is COC(=O)CN(C)C(=O)CSc1ccccc1Cl. The number of esters is 1. The molecule has 0 aliphatic carbocycles. The molecule has 0 saturated carbocycles.